The smallest absolute Gasteiger partial charge is 0.203 e. The molecule has 0 aliphatic carbocycles. The van der Waals surface area contributed by atoms with Crippen molar-refractivity contribution in [3.63, 3.8) is 0 Å². The minimum absolute atomic E-state index is 0.159. The molecule has 1 aromatic carbocycles. The van der Waals surface area contributed by atoms with Gasteiger partial charge in [0.2, 0.25) is 5.13 Å². The highest BCUT2D eigenvalue weighted by molar-refractivity contribution is 7.15. The van der Waals surface area contributed by atoms with Crippen molar-refractivity contribution in [3.05, 3.63) is 34.8 Å². The number of nitrogen functional groups attached to an aromatic ring is 1. The van der Waals surface area contributed by atoms with Gasteiger partial charge in [-0.25, -0.2) is 0 Å². The standard InChI is InChI=1S/C13H17N3OS/c1-13(2,3)9-4-6-10(7-5-9)17-8-11-15-16-12(14)18-11/h4-7H,8H2,1-3H3,(H2,14,16). The van der Waals surface area contributed by atoms with Gasteiger partial charge in [0.25, 0.3) is 0 Å². The molecule has 0 atom stereocenters. The molecule has 2 N–H and O–H groups in total. The van der Waals surface area contributed by atoms with Crippen LogP contribution >= 0.6 is 11.3 Å². The lowest BCUT2D eigenvalue weighted by Crippen LogP contribution is -2.10. The summed E-state index contributed by atoms with van der Waals surface area (Å²) >= 11 is 1.34. The van der Waals surface area contributed by atoms with Crippen LogP contribution in [0.4, 0.5) is 5.13 Å². The van der Waals surface area contributed by atoms with E-state index in [1.54, 1.807) is 0 Å². The molecule has 4 nitrogen and oxygen atoms in total. The summed E-state index contributed by atoms with van der Waals surface area (Å²) in [5, 5.41) is 8.90. The molecule has 0 aliphatic rings. The normalized spacial score (nSPS) is 11.5. The van der Waals surface area contributed by atoms with E-state index in [0.29, 0.717) is 11.7 Å². The van der Waals surface area contributed by atoms with E-state index >= 15 is 0 Å². The maximum absolute atomic E-state index is 5.63. The third-order valence-corrected chi connectivity index (χ3v) is 3.29. The Morgan fingerprint density at radius 2 is 1.83 bits per heavy atom. The quantitative estimate of drug-likeness (QED) is 0.924. The molecular formula is C13H17N3OS. The van der Waals surface area contributed by atoms with Gasteiger partial charge in [0.15, 0.2) is 5.01 Å². The Bertz CT molecular complexity index is 514. The number of ether oxygens (including phenoxy) is 1. The molecule has 0 radical (unpaired) electrons. The maximum Gasteiger partial charge on any atom is 0.203 e. The molecule has 1 heterocycles. The van der Waals surface area contributed by atoms with Gasteiger partial charge >= 0.3 is 0 Å². The molecule has 0 amide bonds. The van der Waals surface area contributed by atoms with Gasteiger partial charge in [-0.2, -0.15) is 0 Å². The molecule has 5 heteroatoms. The van der Waals surface area contributed by atoms with Gasteiger partial charge in [0, 0.05) is 0 Å². The topological polar surface area (TPSA) is 61.0 Å². The second-order valence-electron chi connectivity index (χ2n) is 5.10. The molecule has 2 aromatic rings. The summed E-state index contributed by atoms with van der Waals surface area (Å²) in [6, 6.07) is 8.13. The minimum atomic E-state index is 0.159. The summed E-state index contributed by atoms with van der Waals surface area (Å²) in [4.78, 5) is 0. The first kappa shape index (κ1) is 12.8. The van der Waals surface area contributed by atoms with Crippen molar-refractivity contribution in [1.29, 1.82) is 0 Å². The third kappa shape index (κ3) is 3.20. The Hall–Kier alpha value is -1.62. The first-order valence-electron chi connectivity index (χ1n) is 5.76. The number of hydrogen-bond acceptors (Lipinski definition) is 5. The summed E-state index contributed by atoms with van der Waals surface area (Å²) in [6.07, 6.45) is 0. The van der Waals surface area contributed by atoms with Crippen LogP contribution in [-0.2, 0) is 12.0 Å². The van der Waals surface area contributed by atoms with Crippen molar-refractivity contribution < 1.29 is 4.74 Å². The first-order valence-corrected chi connectivity index (χ1v) is 6.58. The molecule has 0 bridgehead atoms. The molecule has 0 saturated carbocycles. The van der Waals surface area contributed by atoms with Gasteiger partial charge in [0.05, 0.1) is 0 Å². The highest BCUT2D eigenvalue weighted by Gasteiger charge is 2.13. The van der Waals surface area contributed by atoms with E-state index in [0.717, 1.165) is 10.8 Å². The second kappa shape index (κ2) is 4.94. The molecule has 0 spiro atoms. The molecule has 2 rings (SSSR count). The van der Waals surface area contributed by atoms with Crippen LogP contribution in [0.15, 0.2) is 24.3 Å². The van der Waals surface area contributed by atoms with Crippen LogP contribution in [0.5, 0.6) is 5.75 Å². The zero-order chi connectivity index (χ0) is 13.2. The zero-order valence-corrected chi connectivity index (χ0v) is 11.6. The van der Waals surface area contributed by atoms with Crippen molar-refractivity contribution in [1.82, 2.24) is 10.2 Å². The number of rotatable bonds is 3. The molecule has 0 unspecified atom stereocenters. The Morgan fingerprint density at radius 3 is 2.33 bits per heavy atom. The van der Waals surface area contributed by atoms with Crippen molar-refractivity contribution in [2.75, 3.05) is 5.73 Å². The van der Waals surface area contributed by atoms with Gasteiger partial charge in [-0.1, -0.05) is 44.2 Å². The fraction of sp³-hybridized carbons (Fsp3) is 0.385. The van der Waals surface area contributed by atoms with E-state index in [4.69, 9.17) is 10.5 Å². The van der Waals surface area contributed by atoms with Gasteiger partial charge in [-0.05, 0) is 23.1 Å². The highest BCUT2D eigenvalue weighted by Crippen LogP contribution is 2.24. The monoisotopic (exact) mass is 263 g/mol. The summed E-state index contributed by atoms with van der Waals surface area (Å²) in [5.74, 6) is 0.830. The van der Waals surface area contributed by atoms with Gasteiger partial charge in [-0.3, -0.25) is 0 Å². The molecular weight excluding hydrogens is 246 g/mol. The molecule has 1 aromatic heterocycles. The fourth-order valence-corrected chi connectivity index (χ4v) is 2.04. The van der Waals surface area contributed by atoms with Crippen LogP contribution in [-0.4, -0.2) is 10.2 Å². The van der Waals surface area contributed by atoms with Crippen LogP contribution in [0.2, 0.25) is 0 Å². The lowest BCUT2D eigenvalue weighted by atomic mass is 9.87. The fourth-order valence-electron chi connectivity index (χ4n) is 1.52. The molecule has 0 fully saturated rings. The Kier molecular flexibility index (Phi) is 3.52. The Balaban J connectivity index is 1.98. The lowest BCUT2D eigenvalue weighted by Gasteiger charge is -2.19. The molecule has 18 heavy (non-hydrogen) atoms. The summed E-state index contributed by atoms with van der Waals surface area (Å²) in [5.41, 5.74) is 6.95. The lowest BCUT2D eigenvalue weighted by molar-refractivity contribution is 0.304. The predicted octanol–water partition coefficient (Wildman–Crippen LogP) is 3.00. The van der Waals surface area contributed by atoms with Crippen molar-refractivity contribution in [2.45, 2.75) is 32.8 Å². The number of nitrogens with zero attached hydrogens (tertiary/aromatic N) is 2. The maximum atomic E-state index is 5.63. The van der Waals surface area contributed by atoms with Crippen molar-refractivity contribution >= 4 is 16.5 Å². The van der Waals surface area contributed by atoms with Crippen molar-refractivity contribution in [2.24, 2.45) is 0 Å². The highest BCUT2D eigenvalue weighted by atomic mass is 32.1. The number of aromatic nitrogens is 2. The number of nitrogens with two attached hydrogens (primary N) is 1. The average Bonchev–Trinajstić information content (AvgIpc) is 2.72. The van der Waals surface area contributed by atoms with Crippen LogP contribution in [0, 0.1) is 0 Å². The SMILES string of the molecule is CC(C)(C)c1ccc(OCc2nnc(N)s2)cc1. The summed E-state index contributed by atoms with van der Waals surface area (Å²) < 4.78 is 5.63. The zero-order valence-electron chi connectivity index (χ0n) is 10.8. The van der Waals surface area contributed by atoms with E-state index < -0.39 is 0 Å². The summed E-state index contributed by atoms with van der Waals surface area (Å²) in [7, 11) is 0. The summed E-state index contributed by atoms with van der Waals surface area (Å²) in [6.45, 7) is 6.97. The van der Waals surface area contributed by atoms with E-state index in [1.165, 1.54) is 16.9 Å². The van der Waals surface area contributed by atoms with Crippen LogP contribution < -0.4 is 10.5 Å². The van der Waals surface area contributed by atoms with E-state index in [9.17, 15) is 0 Å². The molecule has 96 valence electrons. The Morgan fingerprint density at radius 1 is 1.17 bits per heavy atom. The van der Waals surface area contributed by atoms with Crippen molar-refractivity contribution in [3.8, 4) is 5.75 Å². The van der Waals surface area contributed by atoms with Gasteiger partial charge < -0.3 is 10.5 Å². The van der Waals surface area contributed by atoms with Crippen LogP contribution in [0.1, 0.15) is 31.3 Å². The van der Waals surface area contributed by atoms with Crippen LogP contribution in [0.3, 0.4) is 0 Å². The average molecular weight is 263 g/mol. The molecule has 0 aliphatic heterocycles. The predicted molar refractivity (Wildman–Crippen MR) is 73.8 cm³/mol. The second-order valence-corrected chi connectivity index (χ2v) is 6.19. The number of hydrogen-bond donors (Lipinski definition) is 1. The number of benzene rings is 1. The van der Waals surface area contributed by atoms with Crippen LogP contribution in [0.25, 0.3) is 0 Å². The first-order chi connectivity index (χ1) is 8.45. The van der Waals surface area contributed by atoms with E-state index in [-0.39, 0.29) is 5.41 Å². The van der Waals surface area contributed by atoms with E-state index in [2.05, 4.69) is 43.1 Å². The van der Waals surface area contributed by atoms with Gasteiger partial charge in [-0.15, -0.1) is 10.2 Å². The Labute approximate surface area is 111 Å². The van der Waals surface area contributed by atoms with E-state index in [1.807, 2.05) is 12.1 Å². The number of anilines is 1. The largest absolute Gasteiger partial charge is 0.486 e. The van der Waals surface area contributed by atoms with Gasteiger partial charge in [0.1, 0.15) is 12.4 Å². The minimum Gasteiger partial charge on any atom is -0.486 e. The third-order valence-electron chi connectivity index (χ3n) is 2.57. The molecule has 0 saturated heterocycles.